The number of carbonyl (C=O) groups is 1. The third-order valence-corrected chi connectivity index (χ3v) is 5.20. The molecule has 158 valence electrons. The number of halogens is 1. The second kappa shape index (κ2) is 7.99. The fourth-order valence-electron chi connectivity index (χ4n) is 3.82. The highest BCUT2D eigenvalue weighted by molar-refractivity contribution is 6.12. The Morgan fingerprint density at radius 2 is 2.03 bits per heavy atom. The number of furan rings is 1. The van der Waals surface area contributed by atoms with Crippen molar-refractivity contribution in [1.82, 2.24) is 5.32 Å². The van der Waals surface area contributed by atoms with Gasteiger partial charge in [-0.3, -0.25) is 4.79 Å². The van der Waals surface area contributed by atoms with E-state index in [1.165, 1.54) is 12.1 Å². The zero-order valence-corrected chi connectivity index (χ0v) is 17.2. The van der Waals surface area contributed by atoms with E-state index in [1.54, 1.807) is 19.2 Å². The Hall–Kier alpha value is -3.06. The Kier molecular flexibility index (Phi) is 5.39. The number of fused-ring (bicyclic) bond motifs is 1. The normalized spacial score (nSPS) is 16.5. The number of rotatable bonds is 5. The molecule has 1 aliphatic heterocycles. The van der Waals surface area contributed by atoms with Crippen molar-refractivity contribution in [2.75, 3.05) is 25.0 Å². The minimum Gasteiger partial charge on any atom is -0.489 e. The summed E-state index contributed by atoms with van der Waals surface area (Å²) in [5, 5.41) is 13.3. The number of amides is 1. The van der Waals surface area contributed by atoms with Gasteiger partial charge in [0.25, 0.3) is 5.91 Å². The van der Waals surface area contributed by atoms with Crippen LogP contribution in [0.25, 0.3) is 22.3 Å². The molecule has 4 rings (SSSR count). The summed E-state index contributed by atoms with van der Waals surface area (Å²) in [4.78, 5) is 14.8. The van der Waals surface area contributed by atoms with Gasteiger partial charge in [-0.25, -0.2) is 4.39 Å². The average Bonchev–Trinajstić information content (AvgIpc) is 3.30. The SMILES string of the molecule is CNC(=O)c1c(-c2ccc(F)cc2)oc2cc(N3CCC(O)C3)c(OC(C)C)cc12. The molecule has 0 saturated carbocycles. The molecule has 30 heavy (non-hydrogen) atoms. The quantitative estimate of drug-likeness (QED) is 0.664. The maximum atomic E-state index is 13.4. The number of β-amino-alcohol motifs (C(OH)–C–C–N with tert-alkyl or cyclic N) is 1. The maximum absolute atomic E-state index is 13.4. The lowest BCUT2D eigenvalue weighted by atomic mass is 10.0. The van der Waals surface area contributed by atoms with Crippen LogP contribution in [0, 0.1) is 5.82 Å². The van der Waals surface area contributed by atoms with Crippen LogP contribution in [0.4, 0.5) is 10.1 Å². The number of hydrogen-bond donors (Lipinski definition) is 2. The van der Waals surface area contributed by atoms with Gasteiger partial charge in [0.2, 0.25) is 0 Å². The third-order valence-electron chi connectivity index (χ3n) is 5.20. The lowest BCUT2D eigenvalue weighted by Gasteiger charge is -2.22. The second-order valence-electron chi connectivity index (χ2n) is 7.76. The van der Waals surface area contributed by atoms with Crippen molar-refractivity contribution in [3.8, 4) is 17.1 Å². The fraction of sp³-hybridized carbons (Fsp3) is 0.348. The first-order valence-electron chi connectivity index (χ1n) is 10.1. The maximum Gasteiger partial charge on any atom is 0.255 e. The van der Waals surface area contributed by atoms with Crippen LogP contribution in [-0.4, -0.2) is 43.4 Å². The van der Waals surface area contributed by atoms with E-state index in [0.29, 0.717) is 53.1 Å². The van der Waals surface area contributed by atoms with Crippen molar-refractivity contribution in [3.63, 3.8) is 0 Å². The van der Waals surface area contributed by atoms with Crippen molar-refractivity contribution in [3.05, 3.63) is 47.8 Å². The molecule has 1 fully saturated rings. The molecule has 6 nitrogen and oxygen atoms in total. The standard InChI is InChI=1S/C23H25FN2O4/c1-13(2)29-20-10-17-19(11-18(20)26-9-8-16(27)12-26)30-22(21(17)23(28)25-3)14-4-6-15(24)7-5-14/h4-7,10-11,13,16,27H,8-9,12H2,1-3H3,(H,25,28). The summed E-state index contributed by atoms with van der Waals surface area (Å²) in [6, 6.07) is 9.51. The van der Waals surface area contributed by atoms with Crippen LogP contribution in [0.15, 0.2) is 40.8 Å². The average molecular weight is 412 g/mol. The Bertz CT molecular complexity index is 1070. The molecule has 1 atom stereocenters. The first-order valence-corrected chi connectivity index (χ1v) is 10.1. The minimum atomic E-state index is -0.389. The summed E-state index contributed by atoms with van der Waals surface area (Å²) in [6.07, 6.45) is 0.225. The van der Waals surface area contributed by atoms with Crippen LogP contribution in [0.2, 0.25) is 0 Å². The van der Waals surface area contributed by atoms with E-state index in [0.717, 1.165) is 5.69 Å². The topological polar surface area (TPSA) is 74.9 Å². The molecule has 1 amide bonds. The molecule has 7 heteroatoms. The van der Waals surface area contributed by atoms with E-state index < -0.39 is 0 Å². The third kappa shape index (κ3) is 3.73. The number of aliphatic hydroxyl groups is 1. The molecule has 3 aromatic rings. The number of benzene rings is 2. The van der Waals surface area contributed by atoms with Gasteiger partial charge in [0.15, 0.2) is 0 Å². The minimum absolute atomic E-state index is 0.0688. The zero-order valence-electron chi connectivity index (χ0n) is 17.2. The van der Waals surface area contributed by atoms with Gasteiger partial charge >= 0.3 is 0 Å². The lowest BCUT2D eigenvalue weighted by Crippen LogP contribution is -2.22. The second-order valence-corrected chi connectivity index (χ2v) is 7.76. The van der Waals surface area contributed by atoms with E-state index in [2.05, 4.69) is 10.2 Å². The van der Waals surface area contributed by atoms with E-state index in [1.807, 2.05) is 26.0 Å². The molecule has 2 N–H and O–H groups in total. The highest BCUT2D eigenvalue weighted by Crippen LogP contribution is 2.41. The first kappa shape index (κ1) is 20.2. The Labute approximate surface area is 174 Å². The van der Waals surface area contributed by atoms with Crippen LogP contribution in [0.5, 0.6) is 5.75 Å². The van der Waals surface area contributed by atoms with Gasteiger partial charge in [-0.2, -0.15) is 0 Å². The van der Waals surface area contributed by atoms with Gasteiger partial charge in [-0.05, 0) is 50.6 Å². The van der Waals surface area contributed by atoms with Crippen molar-refractivity contribution >= 4 is 22.6 Å². The van der Waals surface area contributed by atoms with Gasteiger partial charge in [-0.1, -0.05) is 0 Å². The number of anilines is 1. The smallest absolute Gasteiger partial charge is 0.255 e. The van der Waals surface area contributed by atoms with Gasteiger partial charge < -0.3 is 24.5 Å². The van der Waals surface area contributed by atoms with Crippen molar-refractivity contribution < 1.29 is 23.4 Å². The molecule has 2 heterocycles. The van der Waals surface area contributed by atoms with E-state index in [9.17, 15) is 14.3 Å². The van der Waals surface area contributed by atoms with Crippen LogP contribution in [-0.2, 0) is 0 Å². The van der Waals surface area contributed by atoms with Crippen LogP contribution in [0.1, 0.15) is 30.6 Å². The molecular weight excluding hydrogens is 387 g/mol. The highest BCUT2D eigenvalue weighted by Gasteiger charge is 2.27. The predicted octanol–water partition coefficient (Wildman–Crippen LogP) is 3.96. The summed E-state index contributed by atoms with van der Waals surface area (Å²) >= 11 is 0. The van der Waals surface area contributed by atoms with E-state index >= 15 is 0 Å². The summed E-state index contributed by atoms with van der Waals surface area (Å²) in [5.41, 5.74) is 2.33. The molecular formula is C23H25FN2O4. The summed E-state index contributed by atoms with van der Waals surface area (Å²) in [7, 11) is 1.56. The van der Waals surface area contributed by atoms with Crippen molar-refractivity contribution in [2.24, 2.45) is 0 Å². The predicted molar refractivity (Wildman–Crippen MR) is 114 cm³/mol. The summed E-state index contributed by atoms with van der Waals surface area (Å²) in [6.45, 7) is 5.08. The lowest BCUT2D eigenvalue weighted by molar-refractivity contribution is 0.0964. The Morgan fingerprint density at radius 1 is 1.30 bits per heavy atom. The molecule has 1 aromatic heterocycles. The monoisotopic (exact) mass is 412 g/mol. The molecule has 0 bridgehead atoms. The molecule has 0 spiro atoms. The summed E-state index contributed by atoms with van der Waals surface area (Å²) < 4.78 is 25.6. The number of aliphatic hydroxyl groups excluding tert-OH is 1. The fourth-order valence-corrected chi connectivity index (χ4v) is 3.82. The highest BCUT2D eigenvalue weighted by atomic mass is 19.1. The molecule has 1 unspecified atom stereocenters. The largest absolute Gasteiger partial charge is 0.489 e. The molecule has 2 aromatic carbocycles. The summed E-state index contributed by atoms with van der Waals surface area (Å²) in [5.74, 6) is 0.341. The molecule has 0 aliphatic carbocycles. The Morgan fingerprint density at radius 3 is 2.63 bits per heavy atom. The van der Waals surface area contributed by atoms with Gasteiger partial charge in [0, 0.05) is 37.2 Å². The molecule has 0 radical (unpaired) electrons. The Balaban J connectivity index is 1.93. The first-order chi connectivity index (χ1) is 14.4. The van der Waals surface area contributed by atoms with Crippen molar-refractivity contribution in [1.29, 1.82) is 0 Å². The zero-order chi connectivity index (χ0) is 21.4. The number of hydrogen-bond acceptors (Lipinski definition) is 5. The van der Waals surface area contributed by atoms with Gasteiger partial charge in [0.1, 0.15) is 22.9 Å². The van der Waals surface area contributed by atoms with Crippen molar-refractivity contribution in [2.45, 2.75) is 32.5 Å². The molecule has 1 saturated heterocycles. The number of carbonyl (C=O) groups excluding carboxylic acids is 1. The number of nitrogens with one attached hydrogen (secondary N) is 1. The van der Waals surface area contributed by atoms with Crippen LogP contribution >= 0.6 is 0 Å². The van der Waals surface area contributed by atoms with Crippen LogP contribution < -0.4 is 15.0 Å². The number of nitrogens with zero attached hydrogens (tertiary/aromatic N) is 1. The van der Waals surface area contributed by atoms with Gasteiger partial charge in [-0.15, -0.1) is 0 Å². The van der Waals surface area contributed by atoms with E-state index in [4.69, 9.17) is 9.15 Å². The molecule has 1 aliphatic rings. The number of ether oxygens (including phenoxy) is 1. The van der Waals surface area contributed by atoms with Crippen LogP contribution in [0.3, 0.4) is 0 Å². The van der Waals surface area contributed by atoms with Gasteiger partial charge in [0.05, 0.1) is 23.5 Å². The van der Waals surface area contributed by atoms with E-state index in [-0.39, 0.29) is 23.9 Å².